The third-order valence-electron chi connectivity index (χ3n) is 1.17. The second-order valence-electron chi connectivity index (χ2n) is 1.87. The van der Waals surface area contributed by atoms with E-state index in [4.69, 9.17) is 5.11 Å². The highest BCUT2D eigenvalue weighted by molar-refractivity contribution is 7.09. The molecular formula is C7H6NO2S. The molecule has 0 spiro atoms. The molecule has 4 heteroatoms. The van der Waals surface area contributed by atoms with Crippen molar-refractivity contribution in [3.05, 3.63) is 29.2 Å². The lowest BCUT2D eigenvalue weighted by atomic mass is 10.2. The number of thiazole rings is 1. The van der Waals surface area contributed by atoms with Crippen LogP contribution in [0.1, 0.15) is 10.9 Å². The lowest BCUT2D eigenvalue weighted by Crippen LogP contribution is -2.07. The lowest BCUT2D eigenvalue weighted by Gasteiger charge is -2.00. The highest BCUT2D eigenvalue weighted by atomic mass is 32.1. The van der Waals surface area contributed by atoms with Crippen LogP contribution in [0.2, 0.25) is 0 Å². The van der Waals surface area contributed by atoms with Gasteiger partial charge in [-0.25, -0.2) is 4.98 Å². The Balaban J connectivity index is 2.88. The number of hydrogen-bond acceptors (Lipinski definition) is 3. The van der Waals surface area contributed by atoms with Crippen LogP contribution < -0.4 is 0 Å². The Morgan fingerprint density at radius 2 is 2.73 bits per heavy atom. The minimum atomic E-state index is -0.927. The van der Waals surface area contributed by atoms with Crippen LogP contribution >= 0.6 is 11.3 Å². The fraction of sp³-hybridized carbons (Fsp3) is 0.143. The number of aliphatic carboxylic acids is 1. The van der Waals surface area contributed by atoms with Crippen LogP contribution in [0.4, 0.5) is 0 Å². The largest absolute Gasteiger partial charge is 0.480 e. The monoisotopic (exact) mass is 168 g/mol. The summed E-state index contributed by atoms with van der Waals surface area (Å²) in [5.74, 6) is -1.62. The predicted octanol–water partition coefficient (Wildman–Crippen LogP) is 1.30. The molecule has 1 aromatic heterocycles. The minimum Gasteiger partial charge on any atom is -0.480 e. The number of carboxylic acid groups (broad SMARTS) is 1. The molecule has 0 aliphatic carbocycles. The van der Waals surface area contributed by atoms with E-state index in [1.54, 1.807) is 5.38 Å². The van der Waals surface area contributed by atoms with Gasteiger partial charge in [0.1, 0.15) is 17.1 Å². The van der Waals surface area contributed by atoms with Crippen molar-refractivity contribution in [2.45, 2.75) is 5.92 Å². The van der Waals surface area contributed by atoms with E-state index in [0.29, 0.717) is 5.01 Å². The van der Waals surface area contributed by atoms with E-state index in [0.717, 1.165) is 0 Å². The average Bonchev–Trinajstić information content (AvgIpc) is 2.40. The van der Waals surface area contributed by atoms with Crippen LogP contribution in [0.25, 0.3) is 0 Å². The summed E-state index contributed by atoms with van der Waals surface area (Å²) in [5.41, 5.74) is 0. The van der Waals surface area contributed by atoms with Crippen molar-refractivity contribution in [3.8, 4) is 0 Å². The molecule has 0 bridgehead atoms. The van der Waals surface area contributed by atoms with Gasteiger partial charge in [-0.2, -0.15) is 0 Å². The molecule has 0 aliphatic heterocycles. The average molecular weight is 168 g/mol. The summed E-state index contributed by atoms with van der Waals surface area (Å²) in [6.07, 6.45) is 3.91. The van der Waals surface area contributed by atoms with Crippen molar-refractivity contribution < 1.29 is 9.90 Å². The lowest BCUT2D eigenvalue weighted by molar-refractivity contribution is -0.137. The molecule has 0 saturated heterocycles. The Bertz CT molecular complexity index is 255. The normalized spacial score (nSPS) is 12.4. The zero-order valence-corrected chi connectivity index (χ0v) is 6.47. The number of aromatic nitrogens is 1. The van der Waals surface area contributed by atoms with Crippen LogP contribution in [-0.4, -0.2) is 16.1 Å². The maximum absolute atomic E-state index is 10.5. The van der Waals surface area contributed by atoms with Crippen LogP contribution in [0.15, 0.2) is 18.0 Å². The van der Waals surface area contributed by atoms with Crippen LogP contribution in [0, 0.1) is 6.20 Å². The summed E-state index contributed by atoms with van der Waals surface area (Å²) < 4.78 is 0. The van der Waals surface area contributed by atoms with Gasteiger partial charge in [-0.05, 0) is 0 Å². The fourth-order valence-electron chi connectivity index (χ4n) is 0.653. The topological polar surface area (TPSA) is 50.2 Å². The molecule has 3 nitrogen and oxygen atoms in total. The maximum atomic E-state index is 10.5. The predicted molar refractivity (Wildman–Crippen MR) is 41.5 cm³/mol. The number of nitrogens with zero attached hydrogens (tertiary/aromatic N) is 1. The van der Waals surface area contributed by atoms with Gasteiger partial charge in [0.15, 0.2) is 0 Å². The summed E-state index contributed by atoms with van der Waals surface area (Å²) in [6.45, 7) is 3.41. The Hall–Kier alpha value is -1.16. The van der Waals surface area contributed by atoms with E-state index >= 15 is 0 Å². The third-order valence-corrected chi connectivity index (χ3v) is 1.98. The van der Waals surface area contributed by atoms with Crippen LogP contribution in [0.3, 0.4) is 0 Å². The minimum absolute atomic E-state index is 0.521. The third kappa shape index (κ3) is 1.65. The molecule has 0 aliphatic rings. The molecule has 1 atom stereocenters. The highest BCUT2D eigenvalue weighted by Gasteiger charge is 2.17. The molecule has 1 aromatic rings. The van der Waals surface area contributed by atoms with Gasteiger partial charge in [-0.1, -0.05) is 6.08 Å². The maximum Gasteiger partial charge on any atom is 0.317 e. The molecule has 1 rings (SSSR count). The molecule has 1 N–H and O–H groups in total. The van der Waals surface area contributed by atoms with Crippen molar-refractivity contribution >= 4 is 17.3 Å². The summed E-state index contributed by atoms with van der Waals surface area (Å²) >= 11 is 1.27. The number of carboxylic acids is 1. The first kappa shape index (κ1) is 7.94. The number of carbonyl (C=O) groups is 1. The molecule has 0 saturated carbocycles. The van der Waals surface area contributed by atoms with E-state index in [9.17, 15) is 4.79 Å². The van der Waals surface area contributed by atoms with Gasteiger partial charge in [0.25, 0.3) is 0 Å². The molecule has 0 aromatic carbocycles. The molecule has 1 unspecified atom stereocenters. The van der Waals surface area contributed by atoms with Gasteiger partial charge in [-0.3, -0.25) is 4.79 Å². The van der Waals surface area contributed by atoms with Gasteiger partial charge in [0, 0.05) is 5.38 Å². The first-order valence-corrected chi connectivity index (χ1v) is 3.80. The van der Waals surface area contributed by atoms with Crippen LogP contribution in [-0.2, 0) is 4.79 Å². The summed E-state index contributed by atoms with van der Waals surface area (Å²) in [4.78, 5) is 14.3. The molecule has 0 amide bonds. The number of rotatable bonds is 3. The van der Waals surface area contributed by atoms with Crippen molar-refractivity contribution in [2.75, 3.05) is 0 Å². The SMILES string of the molecule is C=CC(C(=O)O)c1n[c]cs1. The first-order chi connectivity index (χ1) is 5.25. The van der Waals surface area contributed by atoms with Crippen molar-refractivity contribution in [3.63, 3.8) is 0 Å². The van der Waals surface area contributed by atoms with Crippen LogP contribution in [0.5, 0.6) is 0 Å². The van der Waals surface area contributed by atoms with E-state index in [-0.39, 0.29) is 0 Å². The van der Waals surface area contributed by atoms with Crippen molar-refractivity contribution in [2.24, 2.45) is 0 Å². The fourth-order valence-corrected chi connectivity index (χ4v) is 1.33. The van der Waals surface area contributed by atoms with Crippen molar-refractivity contribution in [1.82, 2.24) is 4.98 Å². The van der Waals surface area contributed by atoms with Crippen molar-refractivity contribution in [1.29, 1.82) is 0 Å². The summed E-state index contributed by atoms with van der Waals surface area (Å²) in [7, 11) is 0. The quantitative estimate of drug-likeness (QED) is 0.692. The Kier molecular flexibility index (Phi) is 2.38. The Morgan fingerprint density at radius 1 is 2.00 bits per heavy atom. The van der Waals surface area contributed by atoms with E-state index in [1.807, 2.05) is 0 Å². The standard InChI is InChI=1S/C7H6NO2S/c1-2-5(7(9)10)6-8-3-4-11-6/h2,4-5H,1H2,(H,9,10). The van der Waals surface area contributed by atoms with Gasteiger partial charge in [0.05, 0.1) is 0 Å². The molecule has 1 radical (unpaired) electrons. The smallest absolute Gasteiger partial charge is 0.317 e. The molecule has 1 heterocycles. The summed E-state index contributed by atoms with van der Waals surface area (Å²) in [5, 5.41) is 10.8. The van der Waals surface area contributed by atoms with Gasteiger partial charge in [-0.15, -0.1) is 17.9 Å². The number of hydrogen-bond donors (Lipinski definition) is 1. The van der Waals surface area contributed by atoms with Gasteiger partial charge >= 0.3 is 5.97 Å². The summed E-state index contributed by atoms with van der Waals surface area (Å²) in [6, 6.07) is 0. The molecular weight excluding hydrogens is 162 g/mol. The van der Waals surface area contributed by atoms with E-state index in [1.165, 1.54) is 17.4 Å². The van der Waals surface area contributed by atoms with Gasteiger partial charge < -0.3 is 5.11 Å². The Morgan fingerprint density at radius 3 is 3.09 bits per heavy atom. The van der Waals surface area contributed by atoms with E-state index < -0.39 is 11.9 Å². The Labute approximate surface area is 68.0 Å². The second-order valence-corrected chi connectivity index (χ2v) is 2.76. The first-order valence-electron chi connectivity index (χ1n) is 2.92. The zero-order chi connectivity index (χ0) is 8.27. The molecule has 0 fully saturated rings. The second kappa shape index (κ2) is 3.30. The zero-order valence-electron chi connectivity index (χ0n) is 5.65. The molecule has 57 valence electrons. The highest BCUT2D eigenvalue weighted by Crippen LogP contribution is 2.18. The molecule has 11 heavy (non-hydrogen) atoms. The van der Waals surface area contributed by atoms with E-state index in [2.05, 4.69) is 17.8 Å². The van der Waals surface area contributed by atoms with Gasteiger partial charge in [0.2, 0.25) is 0 Å².